The molecule has 0 unspecified atom stereocenters. The summed E-state index contributed by atoms with van der Waals surface area (Å²) in [7, 11) is -3.50. The highest BCUT2D eigenvalue weighted by Crippen LogP contribution is 2.35. The standard InChI is InChI=1S/C25H29N5O2S/c1-3-11-33(31,32)30-15-22-12-20(13-26)9-10-24(22)29(16-23-14-27-18-28-23)17-25(30)19(2)21-7-5-4-6-8-21/h4-10,12,14,18-19,25H,3,11,15-17H2,1-2H3,(H,27,28)/t19-,25-/m0/s1. The van der Waals surface area contributed by atoms with E-state index in [1.54, 1.807) is 16.7 Å². The second-order valence-corrected chi connectivity index (χ2v) is 10.6. The lowest BCUT2D eigenvalue weighted by Gasteiger charge is -2.36. The third-order valence-corrected chi connectivity index (χ3v) is 8.32. The Balaban J connectivity index is 1.83. The van der Waals surface area contributed by atoms with Gasteiger partial charge in [0.2, 0.25) is 10.0 Å². The van der Waals surface area contributed by atoms with Crippen molar-refractivity contribution in [2.24, 2.45) is 0 Å². The molecule has 0 radical (unpaired) electrons. The van der Waals surface area contributed by atoms with E-state index in [9.17, 15) is 13.7 Å². The van der Waals surface area contributed by atoms with Crippen molar-refractivity contribution in [1.29, 1.82) is 5.26 Å². The van der Waals surface area contributed by atoms with Crippen molar-refractivity contribution in [3.05, 3.63) is 83.4 Å². The molecule has 172 valence electrons. The summed E-state index contributed by atoms with van der Waals surface area (Å²) in [5.41, 5.74) is 4.28. The average molecular weight is 464 g/mol. The maximum Gasteiger partial charge on any atom is 0.214 e. The number of nitrogens with one attached hydrogen (secondary N) is 1. The van der Waals surface area contributed by atoms with E-state index in [0.717, 1.165) is 22.5 Å². The Morgan fingerprint density at radius 2 is 2.03 bits per heavy atom. The summed E-state index contributed by atoms with van der Waals surface area (Å²) >= 11 is 0. The quantitative estimate of drug-likeness (QED) is 0.571. The molecule has 0 fully saturated rings. The Morgan fingerprint density at radius 1 is 1.24 bits per heavy atom. The van der Waals surface area contributed by atoms with Gasteiger partial charge in [-0.3, -0.25) is 0 Å². The van der Waals surface area contributed by atoms with Gasteiger partial charge in [-0.2, -0.15) is 9.57 Å². The summed E-state index contributed by atoms with van der Waals surface area (Å²) < 4.78 is 28.7. The molecule has 7 nitrogen and oxygen atoms in total. The summed E-state index contributed by atoms with van der Waals surface area (Å²) in [4.78, 5) is 9.58. The van der Waals surface area contributed by atoms with Crippen molar-refractivity contribution < 1.29 is 8.42 Å². The van der Waals surface area contributed by atoms with E-state index in [0.29, 0.717) is 25.1 Å². The van der Waals surface area contributed by atoms with Gasteiger partial charge in [0.25, 0.3) is 0 Å². The highest BCUT2D eigenvalue weighted by Gasteiger charge is 2.38. The maximum absolute atomic E-state index is 13.5. The van der Waals surface area contributed by atoms with Crippen LogP contribution in [0.1, 0.15) is 48.6 Å². The normalized spacial score (nSPS) is 17.7. The molecule has 1 aliphatic heterocycles. The third kappa shape index (κ3) is 4.95. The molecule has 0 spiro atoms. The molecule has 1 aliphatic rings. The highest BCUT2D eigenvalue weighted by atomic mass is 32.2. The van der Waals surface area contributed by atoms with Gasteiger partial charge in [-0.15, -0.1) is 0 Å². The summed E-state index contributed by atoms with van der Waals surface area (Å²) in [5, 5.41) is 9.47. The van der Waals surface area contributed by atoms with Crippen LogP contribution in [0.25, 0.3) is 0 Å². The number of H-pyrrole nitrogens is 1. The second-order valence-electron chi connectivity index (χ2n) is 8.52. The smallest absolute Gasteiger partial charge is 0.214 e. The van der Waals surface area contributed by atoms with Crippen LogP contribution in [0.2, 0.25) is 0 Å². The van der Waals surface area contributed by atoms with Crippen LogP contribution >= 0.6 is 0 Å². The number of hydrogen-bond donors (Lipinski definition) is 1. The molecule has 0 saturated heterocycles. The first-order valence-corrected chi connectivity index (χ1v) is 12.8. The minimum absolute atomic E-state index is 0.0238. The van der Waals surface area contributed by atoms with E-state index >= 15 is 0 Å². The number of hydrogen-bond acceptors (Lipinski definition) is 5. The number of fused-ring (bicyclic) bond motifs is 1. The minimum Gasteiger partial charge on any atom is -0.364 e. The number of aromatic nitrogens is 2. The van der Waals surface area contributed by atoms with Gasteiger partial charge < -0.3 is 9.88 Å². The first-order chi connectivity index (χ1) is 15.9. The number of aromatic amines is 1. The number of benzene rings is 2. The number of nitriles is 1. The van der Waals surface area contributed by atoms with E-state index in [-0.39, 0.29) is 24.3 Å². The van der Waals surface area contributed by atoms with E-state index in [4.69, 9.17) is 0 Å². The number of rotatable bonds is 7. The van der Waals surface area contributed by atoms with E-state index in [1.807, 2.05) is 43.5 Å². The minimum atomic E-state index is -3.50. The van der Waals surface area contributed by atoms with Crippen LogP contribution in [0.5, 0.6) is 0 Å². The number of anilines is 1. The van der Waals surface area contributed by atoms with Crippen LogP contribution in [0.15, 0.2) is 61.1 Å². The molecule has 0 bridgehead atoms. The van der Waals surface area contributed by atoms with Crippen molar-refractivity contribution in [2.45, 2.75) is 45.3 Å². The second kappa shape index (κ2) is 9.77. The molecule has 0 amide bonds. The zero-order valence-electron chi connectivity index (χ0n) is 19.0. The molecule has 2 aromatic carbocycles. The average Bonchev–Trinajstić information content (AvgIpc) is 3.27. The van der Waals surface area contributed by atoms with Gasteiger partial charge in [0, 0.05) is 31.0 Å². The van der Waals surface area contributed by atoms with Gasteiger partial charge >= 0.3 is 0 Å². The number of nitrogens with zero attached hydrogens (tertiary/aromatic N) is 4. The van der Waals surface area contributed by atoms with E-state index in [2.05, 4.69) is 40.0 Å². The Hall–Kier alpha value is -3.15. The molecular weight excluding hydrogens is 434 g/mol. The molecule has 1 N–H and O–H groups in total. The molecule has 2 atom stereocenters. The van der Waals surface area contributed by atoms with Crippen molar-refractivity contribution in [3.63, 3.8) is 0 Å². The molecular formula is C25H29N5O2S. The SMILES string of the molecule is CCCS(=O)(=O)N1Cc2cc(C#N)ccc2N(Cc2c[nH]cn2)C[C@H]1[C@@H](C)c1ccccc1. The molecule has 4 rings (SSSR count). The van der Waals surface area contributed by atoms with Crippen molar-refractivity contribution in [2.75, 3.05) is 17.2 Å². The highest BCUT2D eigenvalue weighted by molar-refractivity contribution is 7.89. The summed E-state index contributed by atoms with van der Waals surface area (Å²) in [6, 6.07) is 17.5. The molecule has 8 heteroatoms. The number of sulfonamides is 1. The summed E-state index contributed by atoms with van der Waals surface area (Å²) in [5.74, 6) is 0.0711. The molecule has 1 aromatic heterocycles. The molecule has 0 aliphatic carbocycles. The monoisotopic (exact) mass is 463 g/mol. The first-order valence-electron chi connectivity index (χ1n) is 11.2. The zero-order valence-corrected chi connectivity index (χ0v) is 19.8. The van der Waals surface area contributed by atoms with Gasteiger partial charge in [-0.1, -0.05) is 44.2 Å². The third-order valence-electron chi connectivity index (χ3n) is 6.28. The Bertz CT molecular complexity index is 1220. The zero-order chi connectivity index (χ0) is 23.4. The topological polar surface area (TPSA) is 93.1 Å². The fourth-order valence-electron chi connectivity index (χ4n) is 4.58. The lowest BCUT2D eigenvalue weighted by atomic mass is 9.93. The predicted octanol–water partition coefficient (Wildman–Crippen LogP) is 4.02. The van der Waals surface area contributed by atoms with Gasteiger partial charge in [0.15, 0.2) is 0 Å². The molecule has 2 heterocycles. The van der Waals surface area contributed by atoms with Crippen LogP contribution in [0.3, 0.4) is 0 Å². The summed E-state index contributed by atoms with van der Waals surface area (Å²) in [6.07, 6.45) is 4.05. The van der Waals surface area contributed by atoms with Crippen LogP contribution in [0, 0.1) is 11.3 Å². The Kier molecular flexibility index (Phi) is 6.82. The largest absolute Gasteiger partial charge is 0.364 e. The van der Waals surface area contributed by atoms with Gasteiger partial charge in [-0.05, 0) is 41.7 Å². The lowest BCUT2D eigenvalue weighted by molar-refractivity contribution is 0.288. The Morgan fingerprint density at radius 3 is 2.70 bits per heavy atom. The summed E-state index contributed by atoms with van der Waals surface area (Å²) in [6.45, 7) is 5.29. The maximum atomic E-state index is 13.5. The fourth-order valence-corrected chi connectivity index (χ4v) is 6.33. The van der Waals surface area contributed by atoms with Crippen molar-refractivity contribution in [3.8, 4) is 6.07 Å². The molecule has 0 saturated carbocycles. The van der Waals surface area contributed by atoms with E-state index in [1.165, 1.54) is 0 Å². The van der Waals surface area contributed by atoms with Crippen LogP contribution in [0.4, 0.5) is 5.69 Å². The van der Waals surface area contributed by atoms with Gasteiger partial charge in [0.1, 0.15) is 0 Å². The van der Waals surface area contributed by atoms with Gasteiger partial charge in [0.05, 0.1) is 36.0 Å². The first kappa shape index (κ1) is 23.0. The molecule has 3 aromatic rings. The Labute approximate surface area is 195 Å². The van der Waals surface area contributed by atoms with Crippen molar-refractivity contribution >= 4 is 15.7 Å². The van der Waals surface area contributed by atoms with Crippen LogP contribution < -0.4 is 4.90 Å². The van der Waals surface area contributed by atoms with Crippen molar-refractivity contribution in [1.82, 2.24) is 14.3 Å². The van der Waals surface area contributed by atoms with E-state index < -0.39 is 10.0 Å². The van der Waals surface area contributed by atoms with Gasteiger partial charge in [-0.25, -0.2) is 13.4 Å². The molecule has 33 heavy (non-hydrogen) atoms. The fraction of sp³-hybridized carbons (Fsp3) is 0.360. The predicted molar refractivity (Wildman–Crippen MR) is 129 cm³/mol. The van der Waals surface area contributed by atoms with Crippen LogP contribution in [-0.2, 0) is 23.1 Å². The number of imidazole rings is 1. The lowest BCUT2D eigenvalue weighted by Crippen LogP contribution is -2.47. The van der Waals surface area contributed by atoms with Crippen LogP contribution in [-0.4, -0.2) is 41.0 Å².